The molecule has 0 unspecified atom stereocenters. The number of nitro groups is 1. The Morgan fingerprint density at radius 2 is 1.93 bits per heavy atom. The van der Waals surface area contributed by atoms with Crippen molar-refractivity contribution in [2.75, 3.05) is 0 Å². The fourth-order valence-corrected chi connectivity index (χ4v) is 2.97. The quantitative estimate of drug-likeness (QED) is 0.341. The topological polar surface area (TPSA) is 118 Å². The summed E-state index contributed by atoms with van der Waals surface area (Å²) in [5, 5.41) is 23.6. The van der Waals surface area contributed by atoms with Crippen molar-refractivity contribution in [1.29, 1.82) is 0 Å². The third-order valence-electron chi connectivity index (χ3n) is 4.19. The summed E-state index contributed by atoms with van der Waals surface area (Å²) in [4.78, 5) is 14.6. The van der Waals surface area contributed by atoms with Gasteiger partial charge in [-0.05, 0) is 48.0 Å². The number of halogens is 1. The highest BCUT2D eigenvalue weighted by atomic mass is 79.9. The maximum absolute atomic E-state index is 10.7. The van der Waals surface area contributed by atoms with E-state index in [-0.39, 0.29) is 11.6 Å². The fraction of sp³-hybridized carbons (Fsp3) is 0.176. The molecule has 4 rings (SSSR count). The first-order valence-electron chi connectivity index (χ1n) is 8.24. The molecule has 0 amide bonds. The Bertz CT molecular complexity index is 1160. The van der Waals surface area contributed by atoms with Gasteiger partial charge >= 0.3 is 0 Å². The first kappa shape index (κ1) is 18.0. The lowest BCUT2D eigenvalue weighted by Gasteiger charge is -2.04. The largest absolute Gasteiger partial charge is 0.332 e. The molecular weight excluding hydrogens is 430 g/mol. The maximum atomic E-state index is 10.7. The monoisotopic (exact) mass is 443 g/mol. The summed E-state index contributed by atoms with van der Waals surface area (Å²) < 4.78 is 9.83. The molecule has 0 radical (unpaired) electrons. The van der Waals surface area contributed by atoms with E-state index in [0.717, 1.165) is 15.9 Å². The molecule has 28 heavy (non-hydrogen) atoms. The first-order chi connectivity index (χ1) is 13.4. The van der Waals surface area contributed by atoms with Gasteiger partial charge < -0.3 is 4.52 Å². The number of hydrogen-bond acceptors (Lipinski definition) is 7. The summed E-state index contributed by atoms with van der Waals surface area (Å²) in [7, 11) is 0. The molecule has 0 aliphatic carbocycles. The fourth-order valence-electron chi connectivity index (χ4n) is 2.68. The summed E-state index contributed by atoms with van der Waals surface area (Å²) in [6.07, 6.45) is 1.80. The number of benzene rings is 1. The normalized spacial score (nSPS) is 11.1. The van der Waals surface area contributed by atoms with Crippen molar-refractivity contribution < 1.29 is 9.45 Å². The zero-order valence-electron chi connectivity index (χ0n) is 14.9. The smallest absolute Gasteiger partial charge is 0.278 e. The molecule has 0 fully saturated rings. The summed E-state index contributed by atoms with van der Waals surface area (Å²) in [6, 6.07) is 7.71. The molecule has 0 bridgehead atoms. The molecule has 0 saturated heterocycles. The second-order valence-electron chi connectivity index (χ2n) is 6.09. The van der Waals surface area contributed by atoms with Crippen LogP contribution in [0.15, 0.2) is 45.5 Å². The van der Waals surface area contributed by atoms with Gasteiger partial charge in [-0.2, -0.15) is 15.2 Å². The minimum absolute atomic E-state index is 0.00185. The number of nitro benzene ring substituents is 1. The van der Waals surface area contributed by atoms with Crippen LogP contribution in [-0.4, -0.2) is 34.6 Å². The van der Waals surface area contributed by atoms with Crippen LogP contribution in [0.2, 0.25) is 0 Å². The van der Waals surface area contributed by atoms with Gasteiger partial charge in [0.15, 0.2) is 5.69 Å². The van der Waals surface area contributed by atoms with Crippen molar-refractivity contribution in [2.24, 2.45) is 0 Å². The van der Waals surface area contributed by atoms with E-state index in [9.17, 15) is 10.1 Å². The highest BCUT2D eigenvalue weighted by Gasteiger charge is 2.15. The highest BCUT2D eigenvalue weighted by molar-refractivity contribution is 9.10. The lowest BCUT2D eigenvalue weighted by atomic mass is 10.2. The molecule has 0 atom stereocenters. The van der Waals surface area contributed by atoms with E-state index in [4.69, 9.17) is 4.52 Å². The Morgan fingerprint density at radius 3 is 2.57 bits per heavy atom. The third-order valence-corrected chi connectivity index (χ3v) is 5.34. The molecule has 3 aromatic heterocycles. The van der Waals surface area contributed by atoms with E-state index in [1.165, 1.54) is 12.1 Å². The predicted molar refractivity (Wildman–Crippen MR) is 102 cm³/mol. The van der Waals surface area contributed by atoms with E-state index in [1.807, 2.05) is 18.5 Å². The van der Waals surface area contributed by atoms with E-state index >= 15 is 0 Å². The number of nitrogens with zero attached hydrogens (tertiary/aromatic N) is 7. The minimum atomic E-state index is -0.459. The van der Waals surface area contributed by atoms with Crippen molar-refractivity contribution in [3.8, 4) is 23.0 Å². The van der Waals surface area contributed by atoms with Crippen LogP contribution in [0.25, 0.3) is 23.0 Å². The summed E-state index contributed by atoms with van der Waals surface area (Å²) in [6.45, 7) is 4.35. The molecule has 3 heterocycles. The molecule has 10 nitrogen and oxygen atoms in total. The minimum Gasteiger partial charge on any atom is -0.332 e. The van der Waals surface area contributed by atoms with Gasteiger partial charge in [-0.3, -0.25) is 14.8 Å². The summed E-state index contributed by atoms with van der Waals surface area (Å²) in [5.41, 5.74) is 3.07. The lowest BCUT2D eigenvalue weighted by molar-refractivity contribution is -0.384. The van der Waals surface area contributed by atoms with Crippen molar-refractivity contribution in [1.82, 2.24) is 29.7 Å². The van der Waals surface area contributed by atoms with Gasteiger partial charge in [0.25, 0.3) is 11.6 Å². The van der Waals surface area contributed by atoms with E-state index in [0.29, 0.717) is 23.8 Å². The number of aromatic nitrogens is 6. The third kappa shape index (κ3) is 3.31. The second kappa shape index (κ2) is 7.00. The van der Waals surface area contributed by atoms with Gasteiger partial charge in [0.2, 0.25) is 5.82 Å². The molecular formula is C17H14BrN7O3. The molecule has 1 aromatic carbocycles. The number of non-ortho nitro benzene ring substituents is 1. The van der Waals surface area contributed by atoms with E-state index in [2.05, 4.69) is 36.3 Å². The van der Waals surface area contributed by atoms with Crippen LogP contribution in [0.5, 0.6) is 0 Å². The Kier molecular flexibility index (Phi) is 4.51. The van der Waals surface area contributed by atoms with Crippen LogP contribution >= 0.6 is 15.9 Å². The number of aryl methyl sites for hydroxylation is 1. The van der Waals surface area contributed by atoms with Crippen molar-refractivity contribution in [2.45, 2.75) is 20.5 Å². The maximum Gasteiger partial charge on any atom is 0.278 e. The van der Waals surface area contributed by atoms with Gasteiger partial charge in [-0.1, -0.05) is 5.16 Å². The average Bonchev–Trinajstić information content (AvgIpc) is 3.40. The van der Waals surface area contributed by atoms with Gasteiger partial charge in [-0.25, -0.2) is 4.68 Å². The molecule has 0 saturated carbocycles. The summed E-state index contributed by atoms with van der Waals surface area (Å²) in [5.74, 6) is 0.601. The van der Waals surface area contributed by atoms with Crippen molar-refractivity contribution in [3.63, 3.8) is 0 Å². The van der Waals surface area contributed by atoms with E-state index in [1.54, 1.807) is 29.1 Å². The molecule has 11 heteroatoms. The second-order valence-corrected chi connectivity index (χ2v) is 6.89. The Hall–Kier alpha value is -3.34. The van der Waals surface area contributed by atoms with Crippen LogP contribution in [0.4, 0.5) is 5.69 Å². The molecule has 0 N–H and O–H groups in total. The Morgan fingerprint density at radius 1 is 1.18 bits per heavy atom. The molecule has 0 aliphatic rings. The van der Waals surface area contributed by atoms with Crippen LogP contribution in [0.1, 0.15) is 11.4 Å². The molecule has 0 aliphatic heterocycles. The first-order valence-corrected chi connectivity index (χ1v) is 9.03. The predicted octanol–water partition coefficient (Wildman–Crippen LogP) is 3.59. The SMILES string of the molecule is Cc1nn(Cn2ccc(-c3nc(-c4ccc([N+](=O)[O-])cc4)no3)n2)c(C)c1Br. The van der Waals surface area contributed by atoms with E-state index < -0.39 is 4.92 Å². The van der Waals surface area contributed by atoms with Crippen LogP contribution in [0, 0.1) is 24.0 Å². The summed E-state index contributed by atoms with van der Waals surface area (Å²) >= 11 is 3.51. The molecule has 0 spiro atoms. The average molecular weight is 444 g/mol. The van der Waals surface area contributed by atoms with Crippen molar-refractivity contribution >= 4 is 21.6 Å². The van der Waals surface area contributed by atoms with Crippen molar-refractivity contribution in [3.05, 3.63) is 62.5 Å². The van der Waals surface area contributed by atoms with Gasteiger partial charge in [0, 0.05) is 23.9 Å². The zero-order valence-corrected chi connectivity index (χ0v) is 16.5. The zero-order chi connectivity index (χ0) is 19.8. The van der Waals surface area contributed by atoms with Crippen LogP contribution in [0.3, 0.4) is 0 Å². The Balaban J connectivity index is 1.54. The van der Waals surface area contributed by atoms with Crippen LogP contribution < -0.4 is 0 Å². The number of rotatable bonds is 5. The van der Waals surface area contributed by atoms with Crippen LogP contribution in [-0.2, 0) is 6.67 Å². The van der Waals surface area contributed by atoms with Gasteiger partial charge in [0.05, 0.1) is 20.8 Å². The standard InChI is InChI=1S/C17H14BrN7O3/c1-10-15(18)11(2)24(20-10)9-23-8-7-14(21-23)17-19-16(22-28-17)12-3-5-13(6-4-12)25(26)27/h3-8H,9H2,1-2H3. The van der Waals surface area contributed by atoms with Gasteiger partial charge in [0.1, 0.15) is 6.67 Å². The Labute approximate surface area is 167 Å². The van der Waals surface area contributed by atoms with Gasteiger partial charge in [-0.15, -0.1) is 0 Å². The number of hydrogen-bond donors (Lipinski definition) is 0. The highest BCUT2D eigenvalue weighted by Crippen LogP contribution is 2.23. The lowest BCUT2D eigenvalue weighted by Crippen LogP contribution is -2.11. The molecule has 4 aromatic rings. The molecule has 142 valence electrons.